The third-order valence-electron chi connectivity index (χ3n) is 3.59. The Morgan fingerprint density at radius 3 is 2.57 bits per heavy atom. The molecule has 1 aromatic heterocycles. The number of aromatic nitrogens is 1. The van der Waals surface area contributed by atoms with Crippen molar-refractivity contribution in [2.24, 2.45) is 0 Å². The first-order chi connectivity index (χ1) is 9.58. The molecule has 120 valence electrons. The Labute approximate surface area is 132 Å². The minimum absolute atomic E-state index is 0.111. The highest BCUT2D eigenvalue weighted by atomic mass is 32.1. The fraction of sp³-hybridized carbons (Fsp3) is 0.812. The summed E-state index contributed by atoms with van der Waals surface area (Å²) in [6.07, 6.45) is 0.123. The second-order valence-electron chi connectivity index (χ2n) is 7.30. The van der Waals surface area contributed by atoms with Crippen molar-refractivity contribution in [3.8, 4) is 0 Å². The van der Waals surface area contributed by atoms with Gasteiger partial charge in [0.2, 0.25) is 0 Å². The zero-order valence-electron chi connectivity index (χ0n) is 14.2. The minimum Gasteiger partial charge on any atom is -0.348 e. The van der Waals surface area contributed by atoms with E-state index in [0.29, 0.717) is 6.61 Å². The maximum atomic E-state index is 5.83. The summed E-state index contributed by atoms with van der Waals surface area (Å²) < 4.78 is 11.4. The second-order valence-corrected chi connectivity index (χ2v) is 8.33. The van der Waals surface area contributed by atoms with E-state index in [1.807, 2.05) is 25.2 Å². The topological polar surface area (TPSA) is 43.4 Å². The molecule has 2 atom stereocenters. The Balaban J connectivity index is 1.95. The quantitative estimate of drug-likeness (QED) is 0.923. The lowest BCUT2D eigenvalue weighted by Crippen LogP contribution is -2.32. The van der Waals surface area contributed by atoms with E-state index < -0.39 is 5.79 Å². The Bertz CT molecular complexity index is 491. The number of rotatable bonds is 4. The van der Waals surface area contributed by atoms with Gasteiger partial charge in [0.05, 0.1) is 23.4 Å². The van der Waals surface area contributed by atoms with Crippen LogP contribution in [0.15, 0.2) is 0 Å². The van der Waals surface area contributed by atoms with Crippen molar-refractivity contribution in [3.63, 3.8) is 0 Å². The first kappa shape index (κ1) is 16.9. The summed E-state index contributed by atoms with van der Waals surface area (Å²) >= 11 is 1.81. The molecule has 0 amide bonds. The molecule has 4 nitrogen and oxygen atoms in total. The van der Waals surface area contributed by atoms with E-state index in [9.17, 15) is 0 Å². The predicted molar refractivity (Wildman–Crippen MR) is 86.9 cm³/mol. The van der Waals surface area contributed by atoms with E-state index in [-0.39, 0.29) is 17.6 Å². The van der Waals surface area contributed by atoms with E-state index in [1.165, 1.54) is 9.88 Å². The van der Waals surface area contributed by atoms with Crippen LogP contribution in [0.2, 0.25) is 0 Å². The van der Waals surface area contributed by atoms with Crippen LogP contribution in [0.5, 0.6) is 0 Å². The molecule has 5 heteroatoms. The maximum Gasteiger partial charge on any atom is 0.163 e. The molecule has 0 radical (unpaired) electrons. The van der Waals surface area contributed by atoms with Crippen molar-refractivity contribution >= 4 is 11.3 Å². The lowest BCUT2D eigenvalue weighted by Gasteiger charge is -2.19. The van der Waals surface area contributed by atoms with Gasteiger partial charge in [0.25, 0.3) is 0 Å². The number of thiazole rings is 1. The summed E-state index contributed by atoms with van der Waals surface area (Å²) in [6.45, 7) is 16.3. The molecule has 1 fully saturated rings. The van der Waals surface area contributed by atoms with Crippen LogP contribution in [-0.2, 0) is 14.9 Å². The third kappa shape index (κ3) is 4.25. The van der Waals surface area contributed by atoms with Crippen molar-refractivity contribution in [1.82, 2.24) is 10.3 Å². The van der Waals surface area contributed by atoms with E-state index in [1.54, 1.807) is 0 Å². The van der Waals surface area contributed by atoms with Crippen molar-refractivity contribution in [2.45, 2.75) is 71.8 Å². The van der Waals surface area contributed by atoms with Crippen molar-refractivity contribution in [2.75, 3.05) is 13.2 Å². The van der Waals surface area contributed by atoms with Gasteiger partial charge in [-0.15, -0.1) is 11.3 Å². The zero-order valence-corrected chi connectivity index (χ0v) is 15.1. The van der Waals surface area contributed by atoms with Crippen LogP contribution in [0.25, 0.3) is 0 Å². The lowest BCUT2D eigenvalue weighted by molar-refractivity contribution is -0.137. The monoisotopic (exact) mass is 312 g/mol. The second kappa shape index (κ2) is 5.95. The predicted octanol–water partition coefficient (Wildman–Crippen LogP) is 3.55. The highest BCUT2D eigenvalue weighted by molar-refractivity contribution is 7.12. The fourth-order valence-electron chi connectivity index (χ4n) is 2.40. The van der Waals surface area contributed by atoms with E-state index in [4.69, 9.17) is 14.5 Å². The van der Waals surface area contributed by atoms with Gasteiger partial charge in [-0.1, -0.05) is 20.8 Å². The number of nitrogens with one attached hydrogen (secondary N) is 1. The fourth-order valence-corrected chi connectivity index (χ4v) is 3.55. The molecule has 2 heterocycles. The number of ether oxygens (including phenoxy) is 2. The van der Waals surface area contributed by atoms with Crippen molar-refractivity contribution in [3.05, 3.63) is 15.6 Å². The molecule has 1 N–H and O–H groups in total. The summed E-state index contributed by atoms with van der Waals surface area (Å²) in [7, 11) is 0. The lowest BCUT2D eigenvalue weighted by atomic mass is 9.98. The van der Waals surface area contributed by atoms with Crippen molar-refractivity contribution in [1.29, 1.82) is 0 Å². The number of hydrogen-bond acceptors (Lipinski definition) is 5. The van der Waals surface area contributed by atoms with Crippen LogP contribution >= 0.6 is 11.3 Å². The van der Waals surface area contributed by atoms with Gasteiger partial charge in [-0.2, -0.15) is 0 Å². The van der Waals surface area contributed by atoms with Crippen LogP contribution in [0.1, 0.15) is 63.2 Å². The molecule has 0 spiro atoms. The molecule has 2 rings (SSSR count). The highest BCUT2D eigenvalue weighted by Gasteiger charge is 2.32. The largest absolute Gasteiger partial charge is 0.348 e. The third-order valence-corrected chi connectivity index (χ3v) is 5.35. The molecular weight excluding hydrogens is 284 g/mol. The summed E-state index contributed by atoms with van der Waals surface area (Å²) in [5.41, 5.74) is 1.24. The van der Waals surface area contributed by atoms with Gasteiger partial charge in [-0.3, -0.25) is 0 Å². The van der Waals surface area contributed by atoms with E-state index in [0.717, 1.165) is 12.2 Å². The normalized spacial score (nSPS) is 23.5. The van der Waals surface area contributed by atoms with Gasteiger partial charge >= 0.3 is 0 Å². The van der Waals surface area contributed by atoms with Gasteiger partial charge in [-0.05, 0) is 27.7 Å². The summed E-state index contributed by atoms with van der Waals surface area (Å²) in [5.74, 6) is -0.449. The summed E-state index contributed by atoms with van der Waals surface area (Å²) in [6, 6.07) is 0.283. The van der Waals surface area contributed by atoms with Gasteiger partial charge in [0.1, 0.15) is 0 Å². The molecule has 0 aromatic carbocycles. The molecule has 1 aromatic rings. The Kier molecular flexibility index (Phi) is 4.78. The number of hydrogen-bond donors (Lipinski definition) is 1. The van der Waals surface area contributed by atoms with Gasteiger partial charge in [0, 0.05) is 22.9 Å². The van der Waals surface area contributed by atoms with Gasteiger partial charge in [0.15, 0.2) is 5.79 Å². The summed E-state index contributed by atoms with van der Waals surface area (Å²) in [4.78, 5) is 6.05. The molecule has 0 saturated carbocycles. The average molecular weight is 312 g/mol. The van der Waals surface area contributed by atoms with Crippen LogP contribution in [0, 0.1) is 6.92 Å². The molecule has 21 heavy (non-hydrogen) atoms. The zero-order chi connectivity index (χ0) is 15.8. The molecule has 1 saturated heterocycles. The van der Waals surface area contributed by atoms with E-state index in [2.05, 4.69) is 39.9 Å². The molecule has 0 aliphatic carbocycles. The minimum atomic E-state index is -0.449. The van der Waals surface area contributed by atoms with Crippen molar-refractivity contribution < 1.29 is 9.47 Å². The van der Waals surface area contributed by atoms with E-state index >= 15 is 0 Å². The van der Waals surface area contributed by atoms with Crippen LogP contribution < -0.4 is 5.32 Å². The standard InChI is InChI=1S/C16H28N2O2S/c1-10(17-8-12-9-19-16(6,7)20-12)13-11(2)18-14(21-13)15(3,4)5/h10,12,17H,8-9H2,1-7H3. The molecular formula is C16H28N2O2S. The molecule has 1 aliphatic rings. The van der Waals surface area contributed by atoms with Crippen LogP contribution in [-0.4, -0.2) is 30.0 Å². The average Bonchev–Trinajstić information content (AvgIpc) is 2.89. The molecule has 1 aliphatic heterocycles. The van der Waals surface area contributed by atoms with Crippen LogP contribution in [0.3, 0.4) is 0 Å². The highest BCUT2D eigenvalue weighted by Crippen LogP contribution is 2.32. The smallest absolute Gasteiger partial charge is 0.163 e. The Hall–Kier alpha value is -0.490. The van der Waals surface area contributed by atoms with Gasteiger partial charge < -0.3 is 14.8 Å². The van der Waals surface area contributed by atoms with Crippen LogP contribution in [0.4, 0.5) is 0 Å². The summed E-state index contributed by atoms with van der Waals surface area (Å²) in [5, 5.41) is 4.75. The number of nitrogens with zero attached hydrogens (tertiary/aromatic N) is 1. The number of aryl methyl sites for hydroxylation is 1. The van der Waals surface area contributed by atoms with Gasteiger partial charge in [-0.25, -0.2) is 4.98 Å². The first-order valence-corrected chi connectivity index (χ1v) is 8.43. The SMILES string of the molecule is Cc1nc(C(C)(C)C)sc1C(C)NCC1COC(C)(C)O1. The first-order valence-electron chi connectivity index (χ1n) is 7.61. The Morgan fingerprint density at radius 2 is 2.10 bits per heavy atom. The molecule has 0 bridgehead atoms. The molecule has 2 unspecified atom stereocenters. The Morgan fingerprint density at radius 1 is 1.43 bits per heavy atom. The maximum absolute atomic E-state index is 5.83.